The van der Waals surface area contributed by atoms with Crippen LogP contribution in [0.4, 0.5) is 0 Å². The van der Waals surface area contributed by atoms with E-state index in [1.165, 1.54) is 12.8 Å². The van der Waals surface area contributed by atoms with Crippen molar-refractivity contribution in [2.45, 2.75) is 25.9 Å². The zero-order valence-corrected chi connectivity index (χ0v) is 5.39. The van der Waals surface area contributed by atoms with E-state index >= 15 is 0 Å². The van der Waals surface area contributed by atoms with Crippen molar-refractivity contribution in [1.29, 1.82) is 0 Å². The summed E-state index contributed by atoms with van der Waals surface area (Å²) in [5.74, 6) is 0.858. The van der Waals surface area contributed by atoms with Gasteiger partial charge in [0.1, 0.15) is 0 Å². The van der Waals surface area contributed by atoms with Crippen LogP contribution in [0.25, 0.3) is 0 Å². The molecule has 0 aromatic rings. The second kappa shape index (κ2) is 2.49. The SMILES string of the molecule is [CH2]COC(C)C1CC1. The van der Waals surface area contributed by atoms with Crippen molar-refractivity contribution in [1.82, 2.24) is 0 Å². The lowest BCUT2D eigenvalue weighted by Gasteiger charge is -2.07. The van der Waals surface area contributed by atoms with Crippen molar-refractivity contribution in [3.8, 4) is 0 Å². The summed E-state index contributed by atoms with van der Waals surface area (Å²) in [6.07, 6.45) is 3.19. The molecule has 0 aromatic carbocycles. The molecule has 1 radical (unpaired) electrons. The normalized spacial score (nSPS) is 23.2. The molecule has 1 fully saturated rings. The van der Waals surface area contributed by atoms with Crippen LogP contribution in [0.15, 0.2) is 0 Å². The Morgan fingerprint density at radius 3 is 2.75 bits per heavy atom. The summed E-state index contributed by atoms with van der Waals surface area (Å²) in [7, 11) is 0. The maximum Gasteiger partial charge on any atom is 0.0575 e. The Morgan fingerprint density at radius 2 is 2.38 bits per heavy atom. The molecule has 0 heterocycles. The Balaban J connectivity index is 2.03. The molecule has 0 amide bonds. The predicted molar refractivity (Wildman–Crippen MR) is 33.5 cm³/mol. The van der Waals surface area contributed by atoms with Crippen LogP contribution >= 0.6 is 0 Å². The Hall–Kier alpha value is -0.0400. The number of rotatable bonds is 3. The van der Waals surface area contributed by atoms with Gasteiger partial charge in [-0.3, -0.25) is 0 Å². The van der Waals surface area contributed by atoms with E-state index in [9.17, 15) is 0 Å². The molecule has 1 heteroatoms. The maximum absolute atomic E-state index is 5.25. The van der Waals surface area contributed by atoms with Crippen LogP contribution < -0.4 is 0 Å². The van der Waals surface area contributed by atoms with E-state index < -0.39 is 0 Å². The number of hydrogen-bond donors (Lipinski definition) is 0. The largest absolute Gasteiger partial charge is 0.378 e. The molecule has 1 aliphatic rings. The number of hydrogen-bond acceptors (Lipinski definition) is 1. The summed E-state index contributed by atoms with van der Waals surface area (Å²) in [5.41, 5.74) is 0. The molecule has 1 atom stereocenters. The van der Waals surface area contributed by atoms with Gasteiger partial charge in [-0.2, -0.15) is 0 Å². The lowest BCUT2D eigenvalue weighted by Crippen LogP contribution is -2.09. The highest BCUT2D eigenvalue weighted by molar-refractivity contribution is 4.78. The Kier molecular flexibility index (Phi) is 1.90. The van der Waals surface area contributed by atoms with Crippen molar-refractivity contribution >= 4 is 0 Å². The van der Waals surface area contributed by atoms with Gasteiger partial charge in [-0.05, 0) is 32.6 Å². The quantitative estimate of drug-likeness (QED) is 0.540. The predicted octanol–water partition coefficient (Wildman–Crippen LogP) is 1.64. The van der Waals surface area contributed by atoms with Crippen LogP contribution in [0.3, 0.4) is 0 Å². The molecule has 1 nitrogen and oxygen atoms in total. The van der Waals surface area contributed by atoms with E-state index in [-0.39, 0.29) is 0 Å². The Bertz CT molecular complexity index is 66.8. The van der Waals surface area contributed by atoms with Gasteiger partial charge in [-0.25, -0.2) is 0 Å². The van der Waals surface area contributed by atoms with Gasteiger partial charge in [0.05, 0.1) is 6.10 Å². The van der Waals surface area contributed by atoms with E-state index in [2.05, 4.69) is 13.8 Å². The van der Waals surface area contributed by atoms with E-state index in [1.807, 2.05) is 0 Å². The van der Waals surface area contributed by atoms with Gasteiger partial charge in [0.2, 0.25) is 0 Å². The second-order valence-electron chi connectivity index (χ2n) is 2.41. The monoisotopic (exact) mass is 113 g/mol. The molecule has 8 heavy (non-hydrogen) atoms. The molecule has 0 bridgehead atoms. The highest BCUT2D eigenvalue weighted by Crippen LogP contribution is 2.33. The summed E-state index contributed by atoms with van der Waals surface area (Å²) < 4.78 is 5.25. The van der Waals surface area contributed by atoms with Crippen molar-refractivity contribution in [2.75, 3.05) is 6.61 Å². The van der Waals surface area contributed by atoms with Gasteiger partial charge in [0.15, 0.2) is 0 Å². The first-order valence-electron chi connectivity index (χ1n) is 3.25. The minimum absolute atomic E-state index is 0.465. The fourth-order valence-corrected chi connectivity index (χ4v) is 0.888. The third kappa shape index (κ3) is 1.48. The smallest absolute Gasteiger partial charge is 0.0575 e. The molecule has 1 unspecified atom stereocenters. The molecule has 1 saturated carbocycles. The third-order valence-electron chi connectivity index (χ3n) is 1.67. The second-order valence-corrected chi connectivity index (χ2v) is 2.41. The van der Waals surface area contributed by atoms with Crippen molar-refractivity contribution in [3.63, 3.8) is 0 Å². The first-order valence-corrected chi connectivity index (χ1v) is 3.25. The van der Waals surface area contributed by atoms with Crippen LogP contribution in [0.5, 0.6) is 0 Å². The van der Waals surface area contributed by atoms with Crippen LogP contribution in [0.2, 0.25) is 0 Å². The minimum Gasteiger partial charge on any atom is -0.378 e. The van der Waals surface area contributed by atoms with Crippen LogP contribution in [0, 0.1) is 12.8 Å². The van der Waals surface area contributed by atoms with Crippen LogP contribution in [0.1, 0.15) is 19.8 Å². The van der Waals surface area contributed by atoms with Gasteiger partial charge in [-0.1, -0.05) is 0 Å². The highest BCUT2D eigenvalue weighted by atomic mass is 16.5. The van der Waals surface area contributed by atoms with Gasteiger partial charge in [0.25, 0.3) is 0 Å². The van der Waals surface area contributed by atoms with Gasteiger partial charge >= 0.3 is 0 Å². The van der Waals surface area contributed by atoms with Crippen molar-refractivity contribution in [2.24, 2.45) is 5.92 Å². The molecule has 0 aliphatic heterocycles. The lowest BCUT2D eigenvalue weighted by molar-refractivity contribution is 0.0710. The molecule has 1 rings (SSSR count). The molecule has 1 aliphatic carbocycles. The summed E-state index contributed by atoms with van der Waals surface area (Å²) in [6.45, 7) is 6.36. The van der Waals surface area contributed by atoms with E-state index in [4.69, 9.17) is 4.74 Å². The van der Waals surface area contributed by atoms with Crippen LogP contribution in [-0.2, 0) is 4.74 Å². The average Bonchev–Trinajstić information content (AvgIpc) is 2.45. The molecular weight excluding hydrogens is 100 g/mol. The highest BCUT2D eigenvalue weighted by Gasteiger charge is 2.27. The Labute approximate surface area is 51.0 Å². The third-order valence-corrected chi connectivity index (χ3v) is 1.67. The first kappa shape index (κ1) is 6.09. The molecular formula is C7H13O. The maximum atomic E-state index is 5.25. The van der Waals surface area contributed by atoms with Gasteiger partial charge < -0.3 is 4.74 Å². The molecule has 0 saturated heterocycles. The van der Waals surface area contributed by atoms with E-state index in [0.717, 1.165) is 5.92 Å². The summed E-state index contributed by atoms with van der Waals surface area (Å²) in [6, 6.07) is 0. The molecule has 0 spiro atoms. The molecule has 47 valence electrons. The zero-order chi connectivity index (χ0) is 5.98. The van der Waals surface area contributed by atoms with Crippen molar-refractivity contribution < 1.29 is 4.74 Å². The first-order chi connectivity index (χ1) is 3.84. The standard InChI is InChI=1S/C7H13O/c1-3-8-6(2)7-4-5-7/h6-7H,1,3-5H2,2H3. The summed E-state index contributed by atoms with van der Waals surface area (Å²) >= 11 is 0. The molecule has 0 N–H and O–H groups in total. The fourth-order valence-electron chi connectivity index (χ4n) is 0.888. The van der Waals surface area contributed by atoms with Gasteiger partial charge in [-0.15, -0.1) is 0 Å². The van der Waals surface area contributed by atoms with E-state index in [1.54, 1.807) is 0 Å². The topological polar surface area (TPSA) is 9.23 Å². The van der Waals surface area contributed by atoms with Crippen molar-refractivity contribution in [3.05, 3.63) is 6.92 Å². The average molecular weight is 113 g/mol. The fraction of sp³-hybridized carbons (Fsp3) is 0.857. The minimum atomic E-state index is 0.465. The lowest BCUT2D eigenvalue weighted by atomic mass is 10.3. The summed E-state index contributed by atoms with van der Waals surface area (Å²) in [4.78, 5) is 0. The summed E-state index contributed by atoms with van der Waals surface area (Å²) in [5, 5.41) is 0. The zero-order valence-electron chi connectivity index (χ0n) is 5.39. The van der Waals surface area contributed by atoms with Gasteiger partial charge in [0, 0.05) is 6.61 Å². The van der Waals surface area contributed by atoms with Crippen LogP contribution in [-0.4, -0.2) is 12.7 Å². The number of ether oxygens (including phenoxy) is 1. The Morgan fingerprint density at radius 1 is 1.75 bits per heavy atom. The molecule has 0 aromatic heterocycles. The van der Waals surface area contributed by atoms with E-state index in [0.29, 0.717) is 12.7 Å².